The Morgan fingerprint density at radius 1 is 1.23 bits per heavy atom. The van der Waals surface area contributed by atoms with Crippen molar-refractivity contribution in [3.8, 4) is 11.5 Å². The molecular weight excluding hydrogens is 376 g/mol. The zero-order valence-electron chi connectivity index (χ0n) is 14.3. The first-order valence-corrected chi connectivity index (χ1v) is 10.0. The van der Waals surface area contributed by atoms with Crippen molar-refractivity contribution in [3.63, 3.8) is 0 Å². The summed E-state index contributed by atoms with van der Waals surface area (Å²) in [6.45, 7) is 2.93. The fourth-order valence-corrected chi connectivity index (χ4v) is 3.81. The van der Waals surface area contributed by atoms with Crippen LogP contribution < -0.4 is 9.47 Å². The lowest BCUT2D eigenvalue weighted by atomic mass is 10.2. The molecule has 0 bridgehead atoms. The Bertz CT molecular complexity index is 837. The highest BCUT2D eigenvalue weighted by molar-refractivity contribution is 7.85. The molecule has 0 aliphatic carbocycles. The van der Waals surface area contributed by atoms with Crippen molar-refractivity contribution in [1.29, 1.82) is 0 Å². The molecule has 1 atom stereocenters. The molecule has 7 heteroatoms. The lowest BCUT2D eigenvalue weighted by Crippen LogP contribution is -2.10. The zero-order chi connectivity index (χ0) is 18.5. The summed E-state index contributed by atoms with van der Waals surface area (Å²) in [6, 6.07) is 10.2. The lowest BCUT2D eigenvalue weighted by molar-refractivity contribution is 0.0468. The molecule has 26 heavy (non-hydrogen) atoms. The van der Waals surface area contributed by atoms with Gasteiger partial charge in [0, 0.05) is 12.2 Å². The standard InChI is InChI=1S/C19H19ClO5S/c1-2-26(22)17-7-4-3-6-14(17)19(21)25-12-13-10-15(20)18-16(11-13)23-8-5-9-24-18/h3-4,6-7,10-11H,2,5,8-9,12H2,1H3. The number of halogens is 1. The van der Waals surface area contributed by atoms with E-state index in [1.54, 1.807) is 43.3 Å². The van der Waals surface area contributed by atoms with E-state index in [9.17, 15) is 9.00 Å². The second-order valence-electron chi connectivity index (χ2n) is 5.66. The van der Waals surface area contributed by atoms with Crippen molar-refractivity contribution in [1.82, 2.24) is 0 Å². The van der Waals surface area contributed by atoms with Crippen LogP contribution in [0.2, 0.25) is 5.02 Å². The maximum atomic E-state index is 12.4. The molecule has 0 fully saturated rings. The van der Waals surface area contributed by atoms with Gasteiger partial charge in [-0.05, 0) is 29.8 Å². The summed E-state index contributed by atoms with van der Waals surface area (Å²) in [5.41, 5.74) is 1.01. The number of rotatable bonds is 5. The molecule has 0 radical (unpaired) electrons. The van der Waals surface area contributed by atoms with Crippen LogP contribution >= 0.6 is 11.6 Å². The monoisotopic (exact) mass is 394 g/mol. The van der Waals surface area contributed by atoms with Crippen LogP contribution in [0.1, 0.15) is 29.3 Å². The molecule has 0 spiro atoms. The molecule has 0 amide bonds. The molecule has 1 aliphatic heterocycles. The van der Waals surface area contributed by atoms with Gasteiger partial charge in [-0.15, -0.1) is 0 Å². The predicted octanol–water partition coefficient (Wildman–Crippen LogP) is 3.99. The van der Waals surface area contributed by atoms with Crippen LogP contribution in [0, 0.1) is 0 Å². The van der Waals surface area contributed by atoms with E-state index in [2.05, 4.69) is 0 Å². The Morgan fingerprint density at radius 3 is 2.81 bits per heavy atom. The normalized spacial score (nSPS) is 14.4. The van der Waals surface area contributed by atoms with E-state index in [0.29, 0.717) is 51.5 Å². The largest absolute Gasteiger partial charge is 0.489 e. The second kappa shape index (κ2) is 8.56. The first-order valence-electron chi connectivity index (χ1n) is 8.32. The van der Waals surface area contributed by atoms with Crippen molar-refractivity contribution < 1.29 is 23.2 Å². The van der Waals surface area contributed by atoms with Crippen LogP contribution in [0.3, 0.4) is 0 Å². The Morgan fingerprint density at radius 2 is 2.00 bits per heavy atom. The van der Waals surface area contributed by atoms with E-state index in [0.717, 1.165) is 6.42 Å². The quantitative estimate of drug-likeness (QED) is 0.717. The van der Waals surface area contributed by atoms with Crippen LogP contribution in [-0.2, 0) is 22.1 Å². The number of carbonyl (C=O) groups excluding carboxylic acids is 1. The van der Waals surface area contributed by atoms with E-state index in [-0.39, 0.29) is 6.61 Å². The van der Waals surface area contributed by atoms with Gasteiger partial charge in [-0.2, -0.15) is 0 Å². The molecule has 0 saturated carbocycles. The van der Waals surface area contributed by atoms with Gasteiger partial charge in [-0.25, -0.2) is 4.79 Å². The highest BCUT2D eigenvalue weighted by atomic mass is 35.5. The fourth-order valence-electron chi connectivity index (χ4n) is 2.58. The van der Waals surface area contributed by atoms with Crippen molar-refractivity contribution in [2.24, 2.45) is 0 Å². The average molecular weight is 395 g/mol. The number of ether oxygens (including phenoxy) is 3. The Balaban J connectivity index is 1.76. The summed E-state index contributed by atoms with van der Waals surface area (Å²) in [4.78, 5) is 12.9. The number of benzene rings is 2. The van der Waals surface area contributed by atoms with Crippen molar-refractivity contribution in [2.75, 3.05) is 19.0 Å². The van der Waals surface area contributed by atoms with Crippen LogP contribution in [0.4, 0.5) is 0 Å². The van der Waals surface area contributed by atoms with Gasteiger partial charge in [0.25, 0.3) is 0 Å². The maximum Gasteiger partial charge on any atom is 0.339 e. The topological polar surface area (TPSA) is 61.8 Å². The minimum Gasteiger partial charge on any atom is -0.489 e. The number of esters is 1. The summed E-state index contributed by atoms with van der Waals surface area (Å²) >= 11 is 6.25. The summed E-state index contributed by atoms with van der Waals surface area (Å²) in [5.74, 6) is 0.976. The van der Waals surface area contributed by atoms with E-state index in [4.69, 9.17) is 25.8 Å². The predicted molar refractivity (Wildman–Crippen MR) is 99.6 cm³/mol. The third-order valence-electron chi connectivity index (χ3n) is 3.85. The third-order valence-corrected chi connectivity index (χ3v) is 5.50. The first kappa shape index (κ1) is 18.7. The molecule has 5 nitrogen and oxygen atoms in total. The van der Waals surface area contributed by atoms with Crippen molar-refractivity contribution in [2.45, 2.75) is 24.8 Å². The highest BCUT2D eigenvalue weighted by Gasteiger charge is 2.18. The highest BCUT2D eigenvalue weighted by Crippen LogP contribution is 2.38. The van der Waals surface area contributed by atoms with Crippen LogP contribution in [0.5, 0.6) is 11.5 Å². The maximum absolute atomic E-state index is 12.4. The van der Waals surface area contributed by atoms with E-state index in [1.165, 1.54) is 0 Å². The summed E-state index contributed by atoms with van der Waals surface area (Å²) in [7, 11) is -1.24. The van der Waals surface area contributed by atoms with E-state index < -0.39 is 16.8 Å². The zero-order valence-corrected chi connectivity index (χ0v) is 15.9. The Hall–Kier alpha value is -2.05. The lowest BCUT2D eigenvalue weighted by Gasteiger charge is -2.12. The van der Waals surface area contributed by atoms with Gasteiger partial charge in [0.15, 0.2) is 11.5 Å². The Labute approximate surface area is 159 Å². The molecule has 138 valence electrons. The second-order valence-corrected chi connectivity index (χ2v) is 7.78. The molecule has 1 heterocycles. The van der Waals surface area contributed by atoms with Crippen LogP contribution in [0.15, 0.2) is 41.3 Å². The van der Waals surface area contributed by atoms with Gasteiger partial charge in [-0.1, -0.05) is 30.7 Å². The fraction of sp³-hybridized carbons (Fsp3) is 0.316. The van der Waals surface area contributed by atoms with Crippen molar-refractivity contribution in [3.05, 3.63) is 52.5 Å². The molecule has 3 rings (SSSR count). The van der Waals surface area contributed by atoms with Crippen LogP contribution in [-0.4, -0.2) is 29.1 Å². The van der Waals surface area contributed by atoms with Gasteiger partial charge in [-0.3, -0.25) is 4.21 Å². The van der Waals surface area contributed by atoms with Gasteiger partial charge >= 0.3 is 5.97 Å². The number of hydrogen-bond donors (Lipinski definition) is 0. The molecule has 0 saturated heterocycles. The third kappa shape index (κ3) is 4.19. The molecule has 2 aromatic carbocycles. The molecular formula is C19H19ClO5S. The summed E-state index contributed by atoms with van der Waals surface area (Å²) < 4.78 is 28.7. The molecule has 1 unspecified atom stereocenters. The summed E-state index contributed by atoms with van der Waals surface area (Å²) in [6.07, 6.45) is 0.778. The molecule has 1 aliphatic rings. The van der Waals surface area contributed by atoms with Gasteiger partial charge in [0.2, 0.25) is 0 Å². The first-order chi connectivity index (χ1) is 12.6. The molecule has 2 aromatic rings. The molecule has 0 aromatic heterocycles. The average Bonchev–Trinajstić information content (AvgIpc) is 2.91. The van der Waals surface area contributed by atoms with Gasteiger partial charge < -0.3 is 14.2 Å². The van der Waals surface area contributed by atoms with E-state index >= 15 is 0 Å². The molecule has 0 N–H and O–H groups in total. The van der Waals surface area contributed by atoms with Gasteiger partial charge in [0.05, 0.1) is 39.5 Å². The van der Waals surface area contributed by atoms with Crippen LogP contribution in [0.25, 0.3) is 0 Å². The minimum atomic E-state index is -1.24. The number of hydrogen-bond acceptors (Lipinski definition) is 5. The SMILES string of the molecule is CCS(=O)c1ccccc1C(=O)OCc1cc(Cl)c2c(c1)OCCCO2. The number of fused-ring (bicyclic) bond motifs is 1. The number of carbonyl (C=O) groups is 1. The van der Waals surface area contributed by atoms with Gasteiger partial charge in [0.1, 0.15) is 6.61 Å². The Kier molecular flexibility index (Phi) is 6.16. The smallest absolute Gasteiger partial charge is 0.339 e. The van der Waals surface area contributed by atoms with Crippen molar-refractivity contribution >= 4 is 28.4 Å². The van der Waals surface area contributed by atoms with E-state index in [1.807, 2.05) is 0 Å². The minimum absolute atomic E-state index is 0.0300. The summed E-state index contributed by atoms with van der Waals surface area (Å²) in [5, 5.41) is 0.419.